The molecule has 3 aromatic rings. The van der Waals surface area contributed by atoms with Crippen LogP contribution in [-0.4, -0.2) is 54.6 Å². The number of hydrogen-bond acceptors (Lipinski definition) is 4. The maximum absolute atomic E-state index is 12.2. The molecular weight excluding hydrogens is 412 g/mol. The average molecular weight is 447 g/mol. The van der Waals surface area contributed by atoms with Gasteiger partial charge < -0.3 is 19.5 Å². The van der Waals surface area contributed by atoms with Crippen LogP contribution in [0.4, 0.5) is 5.69 Å². The number of ether oxygens (including phenoxy) is 1. The molecule has 2 aromatic carbocycles. The molecule has 1 amide bonds. The summed E-state index contributed by atoms with van der Waals surface area (Å²) in [5.74, 6) is 0.952. The van der Waals surface area contributed by atoms with Gasteiger partial charge in [0.2, 0.25) is 0 Å². The largest absolute Gasteiger partial charge is 0.487 e. The summed E-state index contributed by atoms with van der Waals surface area (Å²) in [6.45, 7) is 6.45. The van der Waals surface area contributed by atoms with Crippen molar-refractivity contribution >= 4 is 11.6 Å². The summed E-state index contributed by atoms with van der Waals surface area (Å²) in [6.07, 6.45) is 3.97. The first-order valence-electron chi connectivity index (χ1n) is 11.8. The number of rotatable bonds is 10. The molecule has 0 saturated carbocycles. The summed E-state index contributed by atoms with van der Waals surface area (Å²) >= 11 is 0. The molecule has 174 valence electrons. The lowest BCUT2D eigenvalue weighted by Gasteiger charge is -2.36. The number of nitrogens with zero attached hydrogens (tertiary/aromatic N) is 3. The Morgan fingerprint density at radius 3 is 2.42 bits per heavy atom. The van der Waals surface area contributed by atoms with Gasteiger partial charge in [0.1, 0.15) is 18.1 Å². The van der Waals surface area contributed by atoms with Gasteiger partial charge in [0.05, 0.1) is 5.69 Å². The first-order valence-corrected chi connectivity index (χ1v) is 11.8. The van der Waals surface area contributed by atoms with Crippen LogP contribution in [-0.2, 0) is 13.7 Å². The number of unbranched alkanes of at least 4 members (excludes halogenated alkanes) is 1. The Bertz CT molecular complexity index is 1010. The van der Waals surface area contributed by atoms with Crippen LogP contribution in [0.3, 0.4) is 0 Å². The summed E-state index contributed by atoms with van der Waals surface area (Å²) in [7, 11) is 1.89. The maximum Gasteiger partial charge on any atom is 0.267 e. The van der Waals surface area contributed by atoms with E-state index in [9.17, 15) is 4.79 Å². The zero-order valence-corrected chi connectivity index (χ0v) is 19.5. The van der Waals surface area contributed by atoms with Crippen LogP contribution >= 0.6 is 0 Å². The highest BCUT2D eigenvalue weighted by Crippen LogP contribution is 2.29. The summed E-state index contributed by atoms with van der Waals surface area (Å²) in [5.41, 5.74) is 3.06. The first kappa shape index (κ1) is 22.9. The van der Waals surface area contributed by atoms with Gasteiger partial charge in [-0.1, -0.05) is 42.5 Å². The Balaban J connectivity index is 1.17. The number of aryl methyl sites for hydroxylation is 1. The van der Waals surface area contributed by atoms with Crippen LogP contribution in [0.15, 0.2) is 72.9 Å². The van der Waals surface area contributed by atoms with Crippen molar-refractivity contribution in [2.45, 2.75) is 19.4 Å². The van der Waals surface area contributed by atoms with E-state index in [2.05, 4.69) is 45.4 Å². The molecule has 1 saturated heterocycles. The molecule has 4 rings (SSSR count). The van der Waals surface area contributed by atoms with Gasteiger partial charge >= 0.3 is 0 Å². The molecule has 2 heterocycles. The lowest BCUT2D eigenvalue weighted by molar-refractivity contribution is 0.0944. The first-order chi connectivity index (χ1) is 16.2. The van der Waals surface area contributed by atoms with E-state index < -0.39 is 0 Å². The Labute approximate surface area is 196 Å². The second-order valence-corrected chi connectivity index (χ2v) is 8.54. The van der Waals surface area contributed by atoms with Gasteiger partial charge in [-0.25, -0.2) is 0 Å². The summed E-state index contributed by atoms with van der Waals surface area (Å²) in [5, 5.41) is 3.02. The topological polar surface area (TPSA) is 49.7 Å². The third-order valence-electron chi connectivity index (χ3n) is 6.18. The molecule has 1 aliphatic heterocycles. The minimum Gasteiger partial charge on any atom is -0.487 e. The Kier molecular flexibility index (Phi) is 8.04. The van der Waals surface area contributed by atoms with Crippen LogP contribution in [0.5, 0.6) is 5.75 Å². The van der Waals surface area contributed by atoms with Crippen LogP contribution in [0.2, 0.25) is 0 Å². The molecule has 1 N–H and O–H groups in total. The second-order valence-electron chi connectivity index (χ2n) is 8.54. The fraction of sp³-hybridized carbons (Fsp3) is 0.370. The minimum absolute atomic E-state index is 0.00395. The van der Waals surface area contributed by atoms with E-state index in [4.69, 9.17) is 4.74 Å². The molecule has 0 aliphatic carbocycles. The third kappa shape index (κ3) is 6.39. The van der Waals surface area contributed by atoms with Gasteiger partial charge in [-0.3, -0.25) is 9.69 Å². The standard InChI is InChI=1S/C27H34N4O2/c1-29-16-9-13-25(29)27(32)28-15-7-8-17-30-18-20-31(21-19-30)24-12-5-6-14-26(24)33-22-23-10-3-2-4-11-23/h2-6,9-14,16H,7-8,15,17-22H2,1H3,(H,28,32). The predicted molar refractivity (Wildman–Crippen MR) is 133 cm³/mol. The Hall–Kier alpha value is -3.25. The molecule has 0 radical (unpaired) electrons. The number of aromatic nitrogens is 1. The molecule has 0 bridgehead atoms. The molecule has 0 unspecified atom stereocenters. The number of piperazine rings is 1. The summed E-state index contributed by atoms with van der Waals surface area (Å²) in [4.78, 5) is 17.1. The monoisotopic (exact) mass is 446 g/mol. The van der Waals surface area contributed by atoms with Crippen LogP contribution < -0.4 is 15.0 Å². The van der Waals surface area contributed by atoms with Gasteiger partial charge in [0.25, 0.3) is 5.91 Å². The van der Waals surface area contributed by atoms with Crippen molar-refractivity contribution in [1.82, 2.24) is 14.8 Å². The molecule has 0 spiro atoms. The molecule has 1 fully saturated rings. The van der Waals surface area contributed by atoms with Gasteiger partial charge in [0.15, 0.2) is 0 Å². The number of nitrogens with one attached hydrogen (secondary N) is 1. The fourth-order valence-electron chi connectivity index (χ4n) is 4.24. The van der Waals surface area contributed by atoms with Crippen LogP contribution in [0.25, 0.3) is 0 Å². The normalized spacial score (nSPS) is 14.3. The third-order valence-corrected chi connectivity index (χ3v) is 6.18. The van der Waals surface area contributed by atoms with Crippen molar-refractivity contribution in [3.63, 3.8) is 0 Å². The van der Waals surface area contributed by atoms with E-state index in [1.807, 2.05) is 54.2 Å². The number of anilines is 1. The molecule has 1 aliphatic rings. The molecule has 0 atom stereocenters. The molecule has 33 heavy (non-hydrogen) atoms. The minimum atomic E-state index is 0.00395. The van der Waals surface area contributed by atoms with E-state index >= 15 is 0 Å². The van der Waals surface area contributed by atoms with E-state index in [1.165, 1.54) is 11.3 Å². The number of amides is 1. The summed E-state index contributed by atoms with van der Waals surface area (Å²) in [6, 6.07) is 22.4. The quantitative estimate of drug-likeness (QED) is 0.480. The number of carbonyl (C=O) groups is 1. The van der Waals surface area contributed by atoms with Crippen LogP contribution in [0, 0.1) is 0 Å². The zero-order chi connectivity index (χ0) is 22.9. The van der Waals surface area contributed by atoms with Crippen molar-refractivity contribution < 1.29 is 9.53 Å². The van der Waals surface area contributed by atoms with Gasteiger partial charge in [-0.15, -0.1) is 0 Å². The van der Waals surface area contributed by atoms with E-state index in [0.29, 0.717) is 12.3 Å². The van der Waals surface area contributed by atoms with Gasteiger partial charge in [-0.2, -0.15) is 0 Å². The van der Waals surface area contributed by atoms with Gasteiger partial charge in [0, 0.05) is 46.0 Å². The number of para-hydroxylation sites is 2. The van der Waals surface area contributed by atoms with E-state index in [1.54, 1.807) is 0 Å². The molecule has 6 nitrogen and oxygen atoms in total. The highest BCUT2D eigenvalue weighted by atomic mass is 16.5. The molecular formula is C27H34N4O2. The van der Waals surface area contributed by atoms with Crippen molar-refractivity contribution in [3.8, 4) is 5.75 Å². The highest BCUT2D eigenvalue weighted by molar-refractivity contribution is 5.92. The van der Waals surface area contributed by atoms with E-state index in [-0.39, 0.29) is 5.91 Å². The average Bonchev–Trinajstić information content (AvgIpc) is 3.29. The van der Waals surface area contributed by atoms with Crippen molar-refractivity contribution in [3.05, 3.63) is 84.2 Å². The fourth-order valence-corrected chi connectivity index (χ4v) is 4.24. The Morgan fingerprint density at radius 2 is 1.67 bits per heavy atom. The highest BCUT2D eigenvalue weighted by Gasteiger charge is 2.19. The van der Waals surface area contributed by atoms with Crippen molar-refractivity contribution in [1.29, 1.82) is 0 Å². The molecule has 6 heteroatoms. The predicted octanol–water partition coefficient (Wildman–Crippen LogP) is 3.94. The second kappa shape index (κ2) is 11.6. The lowest BCUT2D eigenvalue weighted by atomic mass is 10.2. The van der Waals surface area contributed by atoms with Crippen LogP contribution in [0.1, 0.15) is 28.9 Å². The Morgan fingerprint density at radius 1 is 0.909 bits per heavy atom. The maximum atomic E-state index is 12.2. The van der Waals surface area contributed by atoms with Crippen molar-refractivity contribution in [2.24, 2.45) is 7.05 Å². The van der Waals surface area contributed by atoms with Gasteiger partial charge in [-0.05, 0) is 49.2 Å². The van der Waals surface area contributed by atoms with Crippen molar-refractivity contribution in [2.75, 3.05) is 44.2 Å². The molecule has 1 aromatic heterocycles. The number of benzene rings is 2. The number of carbonyl (C=O) groups excluding carboxylic acids is 1. The summed E-state index contributed by atoms with van der Waals surface area (Å²) < 4.78 is 8.00. The number of hydrogen-bond donors (Lipinski definition) is 1. The smallest absolute Gasteiger partial charge is 0.267 e. The van der Waals surface area contributed by atoms with E-state index in [0.717, 1.165) is 57.9 Å². The lowest BCUT2D eigenvalue weighted by Crippen LogP contribution is -2.46. The zero-order valence-electron chi connectivity index (χ0n) is 19.5. The SMILES string of the molecule is Cn1cccc1C(=O)NCCCCN1CCN(c2ccccc2OCc2ccccc2)CC1.